The van der Waals surface area contributed by atoms with E-state index in [9.17, 15) is 9.00 Å². The first-order valence-electron chi connectivity index (χ1n) is 6.66. The molecule has 112 valence electrons. The number of fused-ring (bicyclic) bond motifs is 1. The molecule has 2 aromatic rings. The molecule has 1 aliphatic rings. The number of thioether (sulfide) groups is 1. The number of aliphatic carboxylic acids is 1. The minimum atomic E-state index is -0.860. The van der Waals surface area contributed by atoms with E-state index in [1.807, 2.05) is 6.07 Å². The number of pyridine rings is 1. The minimum Gasteiger partial charge on any atom is -0.481 e. The normalized spacial score (nSPS) is 22.5. The van der Waals surface area contributed by atoms with Crippen molar-refractivity contribution in [2.45, 2.75) is 24.0 Å². The molecule has 3 heterocycles. The number of hydrogen-bond donors (Lipinski definition) is 1. The molecule has 0 atom stereocenters. The first kappa shape index (κ1) is 14.5. The Morgan fingerprint density at radius 2 is 2.24 bits per heavy atom. The van der Waals surface area contributed by atoms with E-state index < -0.39 is 16.8 Å². The van der Waals surface area contributed by atoms with Gasteiger partial charge in [0.05, 0.1) is 17.5 Å². The molecule has 1 aliphatic heterocycles. The Bertz CT molecular complexity index is 691. The second kappa shape index (κ2) is 6.15. The van der Waals surface area contributed by atoms with Crippen molar-refractivity contribution in [1.29, 1.82) is 0 Å². The third-order valence-electron chi connectivity index (χ3n) is 3.51. The monoisotopic (exact) mass is 325 g/mol. The standard InChI is InChI=1S/C13H15N3O3S2/c17-12(18)8-20-13-15-10-7-14-4-1-11(10)16(13)9-2-5-21(19)6-3-9/h1,4,7,9H,2-3,5-6,8H2,(H,17,18). The van der Waals surface area contributed by atoms with Crippen molar-refractivity contribution in [3.8, 4) is 0 Å². The Morgan fingerprint density at radius 3 is 2.95 bits per heavy atom. The number of rotatable bonds is 4. The molecule has 0 unspecified atom stereocenters. The fraction of sp³-hybridized carbons (Fsp3) is 0.462. The van der Waals surface area contributed by atoms with Gasteiger partial charge in [0.2, 0.25) is 0 Å². The molecule has 0 aliphatic carbocycles. The molecule has 0 amide bonds. The van der Waals surface area contributed by atoms with Gasteiger partial charge in [0.25, 0.3) is 0 Å². The first-order valence-corrected chi connectivity index (χ1v) is 9.14. The van der Waals surface area contributed by atoms with E-state index in [2.05, 4.69) is 14.5 Å². The van der Waals surface area contributed by atoms with Crippen LogP contribution in [0.25, 0.3) is 11.0 Å². The molecule has 0 aromatic carbocycles. The highest BCUT2D eigenvalue weighted by molar-refractivity contribution is 7.99. The molecule has 3 rings (SSSR count). The van der Waals surface area contributed by atoms with E-state index >= 15 is 0 Å². The van der Waals surface area contributed by atoms with Gasteiger partial charge < -0.3 is 9.67 Å². The summed E-state index contributed by atoms with van der Waals surface area (Å²) >= 11 is 1.22. The summed E-state index contributed by atoms with van der Waals surface area (Å²) in [6.45, 7) is 0. The van der Waals surface area contributed by atoms with Crippen molar-refractivity contribution in [2.24, 2.45) is 0 Å². The number of carboxylic acid groups (broad SMARTS) is 1. The molecule has 21 heavy (non-hydrogen) atoms. The van der Waals surface area contributed by atoms with Gasteiger partial charge in [-0.15, -0.1) is 0 Å². The second-order valence-electron chi connectivity index (χ2n) is 4.89. The largest absolute Gasteiger partial charge is 0.481 e. The number of imidazole rings is 1. The van der Waals surface area contributed by atoms with E-state index in [0.717, 1.165) is 23.9 Å². The lowest BCUT2D eigenvalue weighted by Crippen LogP contribution is -2.22. The predicted octanol–water partition coefficient (Wildman–Crippen LogP) is 1.69. The topological polar surface area (TPSA) is 85.1 Å². The highest BCUT2D eigenvalue weighted by Crippen LogP contribution is 2.32. The molecular formula is C13H15N3O3S2. The lowest BCUT2D eigenvalue weighted by molar-refractivity contribution is -0.133. The third-order valence-corrected chi connectivity index (χ3v) is 5.83. The fourth-order valence-corrected chi connectivity index (χ4v) is 4.63. The van der Waals surface area contributed by atoms with Crippen molar-refractivity contribution in [3.05, 3.63) is 18.5 Å². The molecule has 2 aromatic heterocycles. The molecule has 0 radical (unpaired) electrons. The Kier molecular flexibility index (Phi) is 4.25. The van der Waals surface area contributed by atoms with E-state index in [-0.39, 0.29) is 11.8 Å². The summed E-state index contributed by atoms with van der Waals surface area (Å²) in [7, 11) is -0.721. The van der Waals surface area contributed by atoms with E-state index in [1.54, 1.807) is 12.4 Å². The highest BCUT2D eigenvalue weighted by atomic mass is 32.2. The maximum absolute atomic E-state index is 11.5. The van der Waals surface area contributed by atoms with Crippen LogP contribution in [0.5, 0.6) is 0 Å². The third kappa shape index (κ3) is 3.11. The summed E-state index contributed by atoms with van der Waals surface area (Å²) < 4.78 is 13.6. The summed E-state index contributed by atoms with van der Waals surface area (Å²) in [5, 5.41) is 9.58. The van der Waals surface area contributed by atoms with Crippen LogP contribution in [0.3, 0.4) is 0 Å². The summed E-state index contributed by atoms with van der Waals surface area (Å²) in [6, 6.07) is 2.13. The second-order valence-corrected chi connectivity index (χ2v) is 7.53. The summed E-state index contributed by atoms with van der Waals surface area (Å²) in [5.41, 5.74) is 1.74. The average Bonchev–Trinajstić information content (AvgIpc) is 2.84. The zero-order valence-corrected chi connectivity index (χ0v) is 12.9. The van der Waals surface area contributed by atoms with Gasteiger partial charge in [-0.1, -0.05) is 11.8 Å². The zero-order chi connectivity index (χ0) is 14.8. The van der Waals surface area contributed by atoms with Crippen molar-refractivity contribution < 1.29 is 14.1 Å². The van der Waals surface area contributed by atoms with Crippen LogP contribution < -0.4 is 0 Å². The van der Waals surface area contributed by atoms with E-state index in [0.29, 0.717) is 16.7 Å². The van der Waals surface area contributed by atoms with Gasteiger partial charge in [-0.3, -0.25) is 14.0 Å². The zero-order valence-electron chi connectivity index (χ0n) is 11.3. The van der Waals surface area contributed by atoms with Crippen LogP contribution in [0.1, 0.15) is 18.9 Å². The van der Waals surface area contributed by atoms with Crippen LogP contribution in [0.4, 0.5) is 0 Å². The quantitative estimate of drug-likeness (QED) is 0.861. The smallest absolute Gasteiger partial charge is 0.313 e. The summed E-state index contributed by atoms with van der Waals surface area (Å²) in [5.74, 6) is 0.508. The summed E-state index contributed by atoms with van der Waals surface area (Å²) in [6.07, 6.45) is 5.08. The maximum atomic E-state index is 11.5. The number of aromatic nitrogens is 3. The van der Waals surface area contributed by atoms with Crippen molar-refractivity contribution in [3.63, 3.8) is 0 Å². The van der Waals surface area contributed by atoms with Crippen LogP contribution in [-0.4, -0.2) is 47.1 Å². The predicted molar refractivity (Wildman–Crippen MR) is 82.0 cm³/mol. The average molecular weight is 325 g/mol. The van der Waals surface area contributed by atoms with Crippen LogP contribution >= 0.6 is 11.8 Å². The van der Waals surface area contributed by atoms with Crippen LogP contribution in [0.15, 0.2) is 23.6 Å². The van der Waals surface area contributed by atoms with Gasteiger partial charge in [-0.05, 0) is 18.9 Å². The maximum Gasteiger partial charge on any atom is 0.313 e. The van der Waals surface area contributed by atoms with Gasteiger partial charge in [0.15, 0.2) is 5.16 Å². The van der Waals surface area contributed by atoms with Gasteiger partial charge in [-0.2, -0.15) is 0 Å². The van der Waals surface area contributed by atoms with Crippen molar-refractivity contribution >= 4 is 39.6 Å². The number of nitrogens with zero attached hydrogens (tertiary/aromatic N) is 3. The van der Waals surface area contributed by atoms with E-state index in [1.165, 1.54) is 11.8 Å². The highest BCUT2D eigenvalue weighted by Gasteiger charge is 2.24. The van der Waals surface area contributed by atoms with Gasteiger partial charge in [-0.25, -0.2) is 4.98 Å². The Labute approximate surface area is 128 Å². The number of carbonyl (C=O) groups is 1. The Hall–Kier alpha value is -1.41. The lowest BCUT2D eigenvalue weighted by atomic mass is 10.1. The summed E-state index contributed by atoms with van der Waals surface area (Å²) in [4.78, 5) is 19.4. The molecule has 1 N–H and O–H groups in total. The number of carboxylic acids is 1. The van der Waals surface area contributed by atoms with Crippen LogP contribution in [0.2, 0.25) is 0 Å². The van der Waals surface area contributed by atoms with Crippen molar-refractivity contribution in [1.82, 2.24) is 14.5 Å². The Balaban J connectivity index is 1.98. The lowest BCUT2D eigenvalue weighted by Gasteiger charge is -2.24. The van der Waals surface area contributed by atoms with Crippen LogP contribution in [-0.2, 0) is 15.6 Å². The molecule has 6 nitrogen and oxygen atoms in total. The van der Waals surface area contributed by atoms with E-state index in [4.69, 9.17) is 5.11 Å². The van der Waals surface area contributed by atoms with Gasteiger partial charge in [0, 0.05) is 34.5 Å². The molecule has 0 spiro atoms. The van der Waals surface area contributed by atoms with Gasteiger partial charge in [0.1, 0.15) is 5.52 Å². The molecule has 8 heteroatoms. The fourth-order valence-electron chi connectivity index (χ4n) is 2.55. The van der Waals surface area contributed by atoms with Gasteiger partial charge >= 0.3 is 5.97 Å². The van der Waals surface area contributed by atoms with Crippen LogP contribution in [0, 0.1) is 0 Å². The molecule has 0 saturated carbocycles. The molecular weight excluding hydrogens is 310 g/mol. The number of hydrogen-bond acceptors (Lipinski definition) is 5. The molecule has 0 bridgehead atoms. The minimum absolute atomic E-state index is 0.0185. The SMILES string of the molecule is O=C(O)CSc1nc2cnccc2n1C1CCS(=O)CC1. The Morgan fingerprint density at radius 1 is 1.48 bits per heavy atom. The molecule has 1 fully saturated rings. The molecule has 1 saturated heterocycles. The van der Waals surface area contributed by atoms with Crippen molar-refractivity contribution in [2.75, 3.05) is 17.3 Å². The first-order chi connectivity index (χ1) is 10.1.